The van der Waals surface area contributed by atoms with Crippen LogP contribution in [0.25, 0.3) is 0 Å². The van der Waals surface area contributed by atoms with E-state index in [1.807, 2.05) is 5.32 Å². The molecule has 15 nitrogen and oxygen atoms in total. The summed E-state index contributed by atoms with van der Waals surface area (Å²) in [5, 5.41) is 24.5. The van der Waals surface area contributed by atoms with E-state index in [1.165, 1.54) is 12.5 Å². The second-order valence-corrected chi connectivity index (χ2v) is 6.73. The van der Waals surface area contributed by atoms with Crippen LogP contribution in [0, 0.1) is 0 Å². The molecule has 0 aliphatic heterocycles. The average molecular weight is 455 g/mol. The number of H-pyrrole nitrogens is 1. The second-order valence-electron chi connectivity index (χ2n) is 6.73. The van der Waals surface area contributed by atoms with Gasteiger partial charge in [0.1, 0.15) is 12.1 Å². The van der Waals surface area contributed by atoms with Crippen LogP contribution in [0.3, 0.4) is 0 Å². The van der Waals surface area contributed by atoms with E-state index < -0.39 is 66.7 Å². The van der Waals surface area contributed by atoms with Crippen LogP contribution in [0.2, 0.25) is 0 Å². The van der Waals surface area contributed by atoms with Crippen LogP contribution in [0.15, 0.2) is 12.5 Å². The standard InChI is InChI=1S/C17H25N7O8/c18-9(3-8-5-20-7-22-8)15(29)21-6-13(26)23-11(4-14(27)28)16(30)24-10(17(31)32)1-2-12(19)25/h5,7,9-11H,1-4,6,18H2,(H2,19,25)(H,20,22)(H,21,29)(H,23,26)(H,24,30)(H,27,28)(H,31,32). The molecule has 0 spiro atoms. The minimum Gasteiger partial charge on any atom is -0.481 e. The van der Waals surface area contributed by atoms with Crippen LogP contribution in [0.1, 0.15) is 25.0 Å². The lowest BCUT2D eigenvalue weighted by molar-refractivity contribution is -0.143. The van der Waals surface area contributed by atoms with Gasteiger partial charge in [-0.2, -0.15) is 0 Å². The fraction of sp³-hybridized carbons (Fsp3) is 0.471. The molecule has 32 heavy (non-hydrogen) atoms. The van der Waals surface area contributed by atoms with Crippen molar-refractivity contribution in [1.82, 2.24) is 25.9 Å². The highest BCUT2D eigenvalue weighted by atomic mass is 16.4. The fourth-order valence-electron chi connectivity index (χ4n) is 2.47. The van der Waals surface area contributed by atoms with Gasteiger partial charge in [-0.25, -0.2) is 9.78 Å². The molecule has 1 aromatic heterocycles. The van der Waals surface area contributed by atoms with Gasteiger partial charge in [0.2, 0.25) is 23.6 Å². The zero-order valence-corrected chi connectivity index (χ0v) is 16.9. The van der Waals surface area contributed by atoms with Gasteiger partial charge < -0.3 is 42.6 Å². The number of nitrogens with zero attached hydrogens (tertiary/aromatic N) is 1. The number of nitrogens with two attached hydrogens (primary N) is 2. The smallest absolute Gasteiger partial charge is 0.326 e. The molecule has 15 heteroatoms. The Morgan fingerprint density at radius 1 is 1.06 bits per heavy atom. The third-order valence-electron chi connectivity index (χ3n) is 4.08. The molecule has 3 atom stereocenters. The molecule has 3 unspecified atom stereocenters. The van der Waals surface area contributed by atoms with E-state index in [-0.39, 0.29) is 19.3 Å². The summed E-state index contributed by atoms with van der Waals surface area (Å²) in [5.41, 5.74) is 11.3. The number of aromatic amines is 1. The maximum absolute atomic E-state index is 12.3. The predicted molar refractivity (Wildman–Crippen MR) is 105 cm³/mol. The lowest BCUT2D eigenvalue weighted by atomic mass is 10.1. The number of nitrogens with one attached hydrogen (secondary N) is 4. The number of hydrogen-bond acceptors (Lipinski definition) is 8. The average Bonchev–Trinajstić information content (AvgIpc) is 3.20. The number of amides is 4. The number of rotatable bonds is 14. The monoisotopic (exact) mass is 455 g/mol. The highest BCUT2D eigenvalue weighted by molar-refractivity contribution is 5.94. The Bertz CT molecular complexity index is 842. The summed E-state index contributed by atoms with van der Waals surface area (Å²) in [6.07, 6.45) is 1.49. The van der Waals surface area contributed by atoms with Crippen molar-refractivity contribution in [3.05, 3.63) is 18.2 Å². The van der Waals surface area contributed by atoms with Gasteiger partial charge in [-0.1, -0.05) is 0 Å². The summed E-state index contributed by atoms with van der Waals surface area (Å²) in [5.74, 6) is -6.38. The minimum atomic E-state index is -1.63. The summed E-state index contributed by atoms with van der Waals surface area (Å²) >= 11 is 0. The molecule has 1 aromatic rings. The number of aromatic nitrogens is 2. The van der Waals surface area contributed by atoms with Gasteiger partial charge in [-0.15, -0.1) is 0 Å². The summed E-state index contributed by atoms with van der Waals surface area (Å²) < 4.78 is 0. The second kappa shape index (κ2) is 12.6. The highest BCUT2D eigenvalue weighted by Crippen LogP contribution is 2.01. The van der Waals surface area contributed by atoms with Crippen LogP contribution >= 0.6 is 0 Å². The lowest BCUT2D eigenvalue weighted by Gasteiger charge is -2.20. The first kappa shape index (κ1) is 26.0. The van der Waals surface area contributed by atoms with E-state index in [0.717, 1.165) is 0 Å². The number of carbonyl (C=O) groups excluding carboxylic acids is 4. The molecule has 0 aromatic carbocycles. The van der Waals surface area contributed by atoms with Crippen LogP contribution < -0.4 is 27.4 Å². The maximum atomic E-state index is 12.3. The quantitative estimate of drug-likeness (QED) is 0.135. The van der Waals surface area contributed by atoms with Gasteiger partial charge in [0.05, 0.1) is 25.3 Å². The van der Waals surface area contributed by atoms with E-state index in [1.54, 1.807) is 0 Å². The number of primary amides is 1. The first-order chi connectivity index (χ1) is 15.0. The lowest BCUT2D eigenvalue weighted by Crippen LogP contribution is -2.54. The van der Waals surface area contributed by atoms with E-state index in [0.29, 0.717) is 5.69 Å². The third kappa shape index (κ3) is 9.66. The highest BCUT2D eigenvalue weighted by Gasteiger charge is 2.28. The Morgan fingerprint density at radius 3 is 2.28 bits per heavy atom. The molecule has 0 aliphatic carbocycles. The molecule has 0 saturated carbocycles. The van der Waals surface area contributed by atoms with Gasteiger partial charge in [0, 0.05) is 24.7 Å². The van der Waals surface area contributed by atoms with Gasteiger partial charge in [0.25, 0.3) is 0 Å². The van der Waals surface area contributed by atoms with Crippen molar-refractivity contribution in [1.29, 1.82) is 0 Å². The number of hydrogen-bond donors (Lipinski definition) is 8. The largest absolute Gasteiger partial charge is 0.481 e. The first-order valence-corrected chi connectivity index (χ1v) is 9.32. The van der Waals surface area contributed by atoms with Crippen molar-refractivity contribution in [3.8, 4) is 0 Å². The molecule has 0 fully saturated rings. The summed E-state index contributed by atoms with van der Waals surface area (Å²) in [7, 11) is 0. The van der Waals surface area contributed by atoms with E-state index in [4.69, 9.17) is 21.7 Å². The van der Waals surface area contributed by atoms with Crippen molar-refractivity contribution in [2.75, 3.05) is 6.54 Å². The molecule has 1 rings (SSSR count). The van der Waals surface area contributed by atoms with Crippen molar-refractivity contribution in [3.63, 3.8) is 0 Å². The summed E-state index contributed by atoms with van der Waals surface area (Å²) in [6, 6.07) is -4.16. The Morgan fingerprint density at radius 2 is 1.75 bits per heavy atom. The topological polar surface area (TPSA) is 260 Å². The molecule has 0 aliphatic rings. The molecule has 0 bridgehead atoms. The van der Waals surface area contributed by atoms with Crippen molar-refractivity contribution in [2.24, 2.45) is 11.5 Å². The van der Waals surface area contributed by atoms with Gasteiger partial charge >= 0.3 is 11.9 Å². The number of aliphatic carboxylic acids is 2. The molecule has 4 amide bonds. The molecule has 0 saturated heterocycles. The maximum Gasteiger partial charge on any atom is 0.326 e. The van der Waals surface area contributed by atoms with Gasteiger partial charge in [-0.05, 0) is 6.42 Å². The molecule has 1 heterocycles. The Labute approximate surface area is 181 Å². The van der Waals surface area contributed by atoms with Crippen LogP contribution in [0.4, 0.5) is 0 Å². The summed E-state index contributed by atoms with van der Waals surface area (Å²) in [4.78, 5) is 76.0. The fourth-order valence-corrected chi connectivity index (χ4v) is 2.47. The first-order valence-electron chi connectivity index (χ1n) is 9.32. The number of carboxylic acids is 2. The van der Waals surface area contributed by atoms with Crippen LogP contribution in [0.5, 0.6) is 0 Å². The molecule has 0 radical (unpaired) electrons. The SMILES string of the molecule is NC(=O)CCC(NC(=O)C(CC(=O)O)NC(=O)CNC(=O)C(N)Cc1cnc[nH]1)C(=O)O. The normalized spacial score (nSPS) is 13.3. The Balaban J connectivity index is 2.64. The number of imidazole rings is 1. The minimum absolute atomic E-state index is 0.124. The Hall–Kier alpha value is -4.01. The summed E-state index contributed by atoms with van der Waals surface area (Å²) in [6.45, 7) is -0.608. The van der Waals surface area contributed by atoms with E-state index in [2.05, 4.69) is 20.6 Å². The van der Waals surface area contributed by atoms with Crippen molar-refractivity contribution < 1.29 is 39.0 Å². The van der Waals surface area contributed by atoms with Gasteiger partial charge in [0.15, 0.2) is 0 Å². The molecular formula is C17H25N7O8. The number of carbonyl (C=O) groups is 6. The third-order valence-corrected chi connectivity index (χ3v) is 4.08. The van der Waals surface area contributed by atoms with Crippen molar-refractivity contribution >= 4 is 35.6 Å². The van der Waals surface area contributed by atoms with Crippen LogP contribution in [-0.4, -0.2) is 80.4 Å². The zero-order chi connectivity index (χ0) is 24.3. The Kier molecular flexibility index (Phi) is 10.3. The molecular weight excluding hydrogens is 430 g/mol. The van der Waals surface area contributed by atoms with Gasteiger partial charge in [-0.3, -0.25) is 24.0 Å². The molecule has 176 valence electrons. The number of carboxylic acid groups (broad SMARTS) is 2. The van der Waals surface area contributed by atoms with Crippen LogP contribution in [-0.2, 0) is 35.2 Å². The van der Waals surface area contributed by atoms with Crippen molar-refractivity contribution in [2.45, 2.75) is 43.8 Å². The van der Waals surface area contributed by atoms with E-state index >= 15 is 0 Å². The zero-order valence-electron chi connectivity index (χ0n) is 16.9. The molecule has 10 N–H and O–H groups in total. The predicted octanol–water partition coefficient (Wildman–Crippen LogP) is -3.81. The van der Waals surface area contributed by atoms with E-state index in [9.17, 15) is 28.8 Å².